The van der Waals surface area contributed by atoms with Gasteiger partial charge in [-0.1, -0.05) is 51.8 Å². The van der Waals surface area contributed by atoms with Gasteiger partial charge in [-0.05, 0) is 61.7 Å². The van der Waals surface area contributed by atoms with Crippen LogP contribution in [0.3, 0.4) is 0 Å². The summed E-state index contributed by atoms with van der Waals surface area (Å²) >= 11 is 9.94. The molecule has 0 radical (unpaired) electrons. The molecule has 0 spiro atoms. The average molecular weight is 353 g/mol. The lowest BCUT2D eigenvalue weighted by atomic mass is 9.97. The van der Waals surface area contributed by atoms with E-state index in [1.807, 2.05) is 13.1 Å². The molecule has 0 bridgehead atoms. The first-order valence-corrected chi connectivity index (χ1v) is 7.86. The first-order chi connectivity index (χ1) is 9.51. The number of rotatable bonds is 4. The Kier molecular flexibility index (Phi) is 5.25. The number of hydrogen-bond acceptors (Lipinski definition) is 1. The van der Waals surface area contributed by atoms with E-state index in [9.17, 15) is 0 Å². The molecule has 0 aliphatic rings. The minimum atomic E-state index is 0.257. The van der Waals surface area contributed by atoms with Crippen LogP contribution in [0.25, 0.3) is 0 Å². The molecule has 0 heterocycles. The molecule has 3 heteroatoms. The Morgan fingerprint density at radius 2 is 1.90 bits per heavy atom. The van der Waals surface area contributed by atoms with Gasteiger partial charge in [0, 0.05) is 15.5 Å². The Labute approximate surface area is 134 Å². The van der Waals surface area contributed by atoms with Crippen molar-refractivity contribution < 1.29 is 0 Å². The molecule has 0 aliphatic carbocycles. The van der Waals surface area contributed by atoms with Crippen molar-refractivity contribution >= 4 is 27.5 Å². The zero-order valence-corrected chi connectivity index (χ0v) is 14.3. The van der Waals surface area contributed by atoms with Crippen molar-refractivity contribution in [3.8, 4) is 0 Å². The number of hydrogen-bond donors (Lipinski definition) is 1. The second-order valence-corrected chi connectivity index (χ2v) is 6.41. The highest BCUT2D eigenvalue weighted by molar-refractivity contribution is 9.10. The van der Waals surface area contributed by atoms with Crippen molar-refractivity contribution in [2.75, 3.05) is 7.05 Å². The molecule has 1 nitrogen and oxygen atoms in total. The summed E-state index contributed by atoms with van der Waals surface area (Å²) in [6.45, 7) is 4.15. The third-order valence-corrected chi connectivity index (χ3v) is 4.79. The van der Waals surface area contributed by atoms with Gasteiger partial charge in [-0.15, -0.1) is 0 Å². The van der Waals surface area contributed by atoms with Gasteiger partial charge in [-0.3, -0.25) is 0 Å². The van der Waals surface area contributed by atoms with Crippen LogP contribution < -0.4 is 5.32 Å². The molecular formula is C17H19BrClN. The maximum Gasteiger partial charge on any atom is 0.0441 e. The SMILES string of the molecule is CNC(Cc1ccc(C)cc1Cl)c1ccc(C)c(Br)c1. The van der Waals surface area contributed by atoms with Gasteiger partial charge in [0.2, 0.25) is 0 Å². The van der Waals surface area contributed by atoms with Crippen LogP contribution in [0.2, 0.25) is 5.02 Å². The molecule has 20 heavy (non-hydrogen) atoms. The molecule has 0 aliphatic heterocycles. The third kappa shape index (κ3) is 3.63. The summed E-state index contributed by atoms with van der Waals surface area (Å²) in [5.74, 6) is 0. The minimum Gasteiger partial charge on any atom is -0.313 e. The molecule has 0 amide bonds. The number of likely N-dealkylation sites (N-methyl/N-ethyl adjacent to an activating group) is 1. The highest BCUT2D eigenvalue weighted by atomic mass is 79.9. The van der Waals surface area contributed by atoms with E-state index in [1.54, 1.807) is 0 Å². The van der Waals surface area contributed by atoms with Crippen molar-refractivity contribution in [2.24, 2.45) is 0 Å². The predicted molar refractivity (Wildman–Crippen MR) is 90.6 cm³/mol. The summed E-state index contributed by atoms with van der Waals surface area (Å²) in [5, 5.41) is 4.22. The maximum atomic E-state index is 6.34. The molecule has 0 saturated heterocycles. The fraction of sp³-hybridized carbons (Fsp3) is 0.294. The molecule has 0 fully saturated rings. The Morgan fingerprint density at radius 1 is 1.15 bits per heavy atom. The van der Waals surface area contributed by atoms with Crippen LogP contribution in [0.15, 0.2) is 40.9 Å². The Bertz CT molecular complexity index is 610. The normalized spacial score (nSPS) is 12.4. The predicted octanol–water partition coefficient (Wildman–Crippen LogP) is 5.22. The fourth-order valence-corrected chi connectivity index (χ4v) is 2.96. The zero-order valence-electron chi connectivity index (χ0n) is 12.0. The lowest BCUT2D eigenvalue weighted by Crippen LogP contribution is -2.19. The van der Waals surface area contributed by atoms with Gasteiger partial charge in [-0.25, -0.2) is 0 Å². The number of aryl methyl sites for hydroxylation is 2. The quantitative estimate of drug-likeness (QED) is 0.795. The zero-order chi connectivity index (χ0) is 14.7. The van der Waals surface area contributed by atoms with E-state index in [2.05, 4.69) is 65.4 Å². The van der Waals surface area contributed by atoms with Crippen LogP contribution in [0.5, 0.6) is 0 Å². The van der Waals surface area contributed by atoms with Gasteiger partial charge in [0.25, 0.3) is 0 Å². The van der Waals surface area contributed by atoms with E-state index in [0.29, 0.717) is 0 Å². The molecule has 1 unspecified atom stereocenters. The lowest BCUT2D eigenvalue weighted by Gasteiger charge is -2.18. The molecule has 2 aromatic carbocycles. The molecular weight excluding hydrogens is 334 g/mol. The Morgan fingerprint density at radius 3 is 2.50 bits per heavy atom. The Hall–Kier alpha value is -0.830. The van der Waals surface area contributed by atoms with Crippen LogP contribution >= 0.6 is 27.5 Å². The minimum absolute atomic E-state index is 0.257. The molecule has 106 valence electrons. The van der Waals surface area contributed by atoms with E-state index < -0.39 is 0 Å². The van der Waals surface area contributed by atoms with Gasteiger partial charge in [-0.2, -0.15) is 0 Å². The largest absolute Gasteiger partial charge is 0.313 e. The summed E-state index contributed by atoms with van der Waals surface area (Å²) in [7, 11) is 1.99. The van der Waals surface area contributed by atoms with Crippen molar-refractivity contribution in [2.45, 2.75) is 26.3 Å². The highest BCUT2D eigenvalue weighted by Crippen LogP contribution is 2.27. The van der Waals surface area contributed by atoms with E-state index in [1.165, 1.54) is 22.3 Å². The van der Waals surface area contributed by atoms with E-state index in [4.69, 9.17) is 11.6 Å². The van der Waals surface area contributed by atoms with Crippen LogP contribution in [-0.4, -0.2) is 7.05 Å². The van der Waals surface area contributed by atoms with E-state index >= 15 is 0 Å². The molecule has 0 aromatic heterocycles. The van der Waals surface area contributed by atoms with Gasteiger partial charge in [0.15, 0.2) is 0 Å². The smallest absolute Gasteiger partial charge is 0.0441 e. The molecule has 1 atom stereocenters. The van der Waals surface area contributed by atoms with Crippen LogP contribution in [-0.2, 0) is 6.42 Å². The number of nitrogens with one attached hydrogen (secondary N) is 1. The second kappa shape index (κ2) is 6.75. The summed E-state index contributed by atoms with van der Waals surface area (Å²) in [6, 6.07) is 13.0. The van der Waals surface area contributed by atoms with Gasteiger partial charge < -0.3 is 5.32 Å². The van der Waals surface area contributed by atoms with Crippen LogP contribution in [0.1, 0.15) is 28.3 Å². The number of benzene rings is 2. The third-order valence-electron chi connectivity index (χ3n) is 3.58. The first-order valence-electron chi connectivity index (χ1n) is 6.69. The molecule has 2 aromatic rings. The fourth-order valence-electron chi connectivity index (χ4n) is 2.25. The van der Waals surface area contributed by atoms with E-state index in [-0.39, 0.29) is 6.04 Å². The van der Waals surface area contributed by atoms with Gasteiger partial charge in [0.1, 0.15) is 0 Å². The second-order valence-electron chi connectivity index (χ2n) is 5.15. The Balaban J connectivity index is 2.26. The summed E-state index contributed by atoms with van der Waals surface area (Å²) < 4.78 is 1.14. The standard InChI is InChI=1S/C17H19BrClN/c1-11-4-6-13(16(19)8-11)10-17(20-3)14-7-5-12(2)15(18)9-14/h4-9,17,20H,10H2,1-3H3. The molecule has 1 N–H and O–H groups in total. The van der Waals surface area contributed by atoms with Crippen molar-refractivity contribution in [3.05, 3.63) is 68.1 Å². The molecule has 0 saturated carbocycles. The van der Waals surface area contributed by atoms with Crippen molar-refractivity contribution in [1.29, 1.82) is 0 Å². The van der Waals surface area contributed by atoms with Gasteiger partial charge in [0.05, 0.1) is 0 Å². The first kappa shape index (κ1) is 15.6. The molecule has 2 rings (SSSR count). The van der Waals surface area contributed by atoms with E-state index in [0.717, 1.165) is 15.9 Å². The maximum absolute atomic E-state index is 6.34. The summed E-state index contributed by atoms with van der Waals surface area (Å²) in [5.41, 5.74) is 4.88. The van der Waals surface area contributed by atoms with Crippen molar-refractivity contribution in [3.63, 3.8) is 0 Å². The summed E-state index contributed by atoms with van der Waals surface area (Å²) in [4.78, 5) is 0. The number of halogens is 2. The van der Waals surface area contributed by atoms with Gasteiger partial charge >= 0.3 is 0 Å². The van der Waals surface area contributed by atoms with Crippen molar-refractivity contribution in [1.82, 2.24) is 5.32 Å². The summed E-state index contributed by atoms with van der Waals surface area (Å²) in [6.07, 6.45) is 0.880. The van der Waals surface area contributed by atoms with Crippen LogP contribution in [0.4, 0.5) is 0 Å². The highest BCUT2D eigenvalue weighted by Gasteiger charge is 2.13. The average Bonchev–Trinajstić information content (AvgIpc) is 2.41. The lowest BCUT2D eigenvalue weighted by molar-refractivity contribution is 0.591. The monoisotopic (exact) mass is 351 g/mol. The topological polar surface area (TPSA) is 12.0 Å². The van der Waals surface area contributed by atoms with Crippen LogP contribution in [0, 0.1) is 13.8 Å².